The molecule has 0 saturated heterocycles. The Morgan fingerprint density at radius 3 is 2.48 bits per heavy atom. The first-order valence-electron chi connectivity index (χ1n) is 6.98. The lowest BCUT2D eigenvalue weighted by Gasteiger charge is -2.08. The maximum atomic E-state index is 9.94. The Labute approximate surface area is 133 Å². The van der Waals surface area contributed by atoms with Gasteiger partial charge >= 0.3 is 0 Å². The molecule has 0 aliphatic heterocycles. The number of phenols is 1. The van der Waals surface area contributed by atoms with Gasteiger partial charge < -0.3 is 9.84 Å². The lowest BCUT2D eigenvalue weighted by molar-refractivity contribution is 0.460. The minimum atomic E-state index is 0.113. The number of nitriles is 1. The molecule has 0 spiro atoms. The summed E-state index contributed by atoms with van der Waals surface area (Å²) in [7, 11) is 0. The standard InChI is InChI=1S/C18H13N3O2/c1-12-10-17(23-14-8-6-13(11-19)7-9-14)21-18(20-12)15-4-2-3-5-16(15)22/h2-10,22H,1H3. The van der Waals surface area contributed by atoms with E-state index in [0.29, 0.717) is 28.6 Å². The Bertz CT molecular complexity index is 884. The van der Waals surface area contributed by atoms with E-state index in [1.165, 1.54) is 0 Å². The molecule has 23 heavy (non-hydrogen) atoms. The highest BCUT2D eigenvalue weighted by Crippen LogP contribution is 2.28. The maximum absolute atomic E-state index is 9.94. The Balaban J connectivity index is 1.94. The summed E-state index contributed by atoms with van der Waals surface area (Å²) in [6.07, 6.45) is 0. The van der Waals surface area contributed by atoms with Gasteiger partial charge in [0.15, 0.2) is 5.82 Å². The number of aromatic hydroxyl groups is 1. The molecule has 0 amide bonds. The molecule has 5 nitrogen and oxygen atoms in total. The number of hydrogen-bond donors (Lipinski definition) is 1. The van der Waals surface area contributed by atoms with Gasteiger partial charge in [-0.05, 0) is 43.3 Å². The van der Waals surface area contributed by atoms with Gasteiger partial charge in [-0.25, -0.2) is 4.98 Å². The van der Waals surface area contributed by atoms with E-state index in [2.05, 4.69) is 16.0 Å². The van der Waals surface area contributed by atoms with Crippen LogP contribution in [0.2, 0.25) is 0 Å². The molecule has 1 aromatic heterocycles. The van der Waals surface area contributed by atoms with E-state index >= 15 is 0 Å². The van der Waals surface area contributed by atoms with E-state index in [4.69, 9.17) is 10.00 Å². The molecule has 0 bridgehead atoms. The number of phenolic OH excluding ortho intramolecular Hbond substituents is 1. The summed E-state index contributed by atoms with van der Waals surface area (Å²) in [5.41, 5.74) is 1.83. The third-order valence-electron chi connectivity index (χ3n) is 3.18. The summed E-state index contributed by atoms with van der Waals surface area (Å²) in [5, 5.41) is 18.7. The third kappa shape index (κ3) is 3.27. The van der Waals surface area contributed by atoms with Crippen LogP contribution in [0, 0.1) is 18.3 Å². The monoisotopic (exact) mass is 303 g/mol. The van der Waals surface area contributed by atoms with Gasteiger partial charge in [-0.1, -0.05) is 12.1 Å². The molecule has 0 aliphatic rings. The Morgan fingerprint density at radius 1 is 1.04 bits per heavy atom. The van der Waals surface area contributed by atoms with Crippen LogP contribution >= 0.6 is 0 Å². The second-order valence-electron chi connectivity index (χ2n) is 4.93. The average molecular weight is 303 g/mol. The highest BCUT2D eigenvalue weighted by molar-refractivity contribution is 5.63. The number of hydrogen-bond acceptors (Lipinski definition) is 5. The van der Waals surface area contributed by atoms with Crippen LogP contribution < -0.4 is 4.74 Å². The fourth-order valence-electron chi connectivity index (χ4n) is 2.09. The lowest BCUT2D eigenvalue weighted by atomic mass is 10.2. The molecule has 0 unspecified atom stereocenters. The third-order valence-corrected chi connectivity index (χ3v) is 3.18. The topological polar surface area (TPSA) is 79.0 Å². The minimum absolute atomic E-state index is 0.113. The minimum Gasteiger partial charge on any atom is -0.507 e. The first-order chi connectivity index (χ1) is 11.2. The average Bonchev–Trinajstić information content (AvgIpc) is 2.55. The van der Waals surface area contributed by atoms with Crippen LogP contribution in [0.15, 0.2) is 54.6 Å². The van der Waals surface area contributed by atoms with Crippen LogP contribution in [0.4, 0.5) is 0 Å². The second kappa shape index (κ2) is 6.16. The van der Waals surface area contributed by atoms with Crippen LogP contribution in [-0.4, -0.2) is 15.1 Å². The van der Waals surface area contributed by atoms with Crippen molar-refractivity contribution in [2.24, 2.45) is 0 Å². The van der Waals surface area contributed by atoms with Crippen LogP contribution in [0.5, 0.6) is 17.4 Å². The van der Waals surface area contributed by atoms with Gasteiger partial charge in [0.1, 0.15) is 11.5 Å². The van der Waals surface area contributed by atoms with Crippen molar-refractivity contribution in [3.63, 3.8) is 0 Å². The predicted octanol–water partition coefficient (Wildman–Crippen LogP) is 3.82. The Kier molecular flexibility index (Phi) is 3.89. The highest BCUT2D eigenvalue weighted by Gasteiger charge is 2.10. The van der Waals surface area contributed by atoms with Gasteiger partial charge in [-0.3, -0.25) is 0 Å². The number of aryl methyl sites for hydroxylation is 1. The molecule has 5 heteroatoms. The zero-order valence-corrected chi connectivity index (χ0v) is 12.4. The molecule has 0 atom stereocenters. The van der Waals surface area contributed by atoms with E-state index in [-0.39, 0.29) is 5.75 Å². The van der Waals surface area contributed by atoms with E-state index in [1.807, 2.05) is 13.0 Å². The van der Waals surface area contributed by atoms with Gasteiger partial charge in [-0.2, -0.15) is 10.2 Å². The number of nitrogens with zero attached hydrogens (tertiary/aromatic N) is 3. The quantitative estimate of drug-likeness (QED) is 0.795. The van der Waals surface area contributed by atoms with Crippen molar-refractivity contribution in [3.05, 3.63) is 65.9 Å². The maximum Gasteiger partial charge on any atom is 0.223 e. The molecular weight excluding hydrogens is 290 g/mol. The predicted molar refractivity (Wildman–Crippen MR) is 85.1 cm³/mol. The summed E-state index contributed by atoms with van der Waals surface area (Å²) in [4.78, 5) is 8.68. The Morgan fingerprint density at radius 2 is 1.78 bits per heavy atom. The van der Waals surface area contributed by atoms with E-state index in [9.17, 15) is 5.11 Å². The van der Waals surface area contributed by atoms with Crippen molar-refractivity contribution in [1.29, 1.82) is 5.26 Å². The molecule has 0 fully saturated rings. The molecule has 3 rings (SSSR count). The largest absolute Gasteiger partial charge is 0.507 e. The fraction of sp³-hybridized carbons (Fsp3) is 0.0556. The second-order valence-corrected chi connectivity index (χ2v) is 4.93. The molecule has 2 aromatic carbocycles. The molecule has 0 aliphatic carbocycles. The van der Waals surface area contributed by atoms with Crippen molar-refractivity contribution in [2.45, 2.75) is 6.92 Å². The van der Waals surface area contributed by atoms with Crippen molar-refractivity contribution >= 4 is 0 Å². The zero-order valence-electron chi connectivity index (χ0n) is 12.4. The first-order valence-corrected chi connectivity index (χ1v) is 6.98. The normalized spacial score (nSPS) is 10.1. The zero-order chi connectivity index (χ0) is 16.2. The van der Waals surface area contributed by atoms with Crippen LogP contribution in [-0.2, 0) is 0 Å². The van der Waals surface area contributed by atoms with Crippen LogP contribution in [0.1, 0.15) is 11.3 Å². The molecule has 0 radical (unpaired) electrons. The number of rotatable bonds is 3. The molecular formula is C18H13N3O2. The van der Waals surface area contributed by atoms with E-state index < -0.39 is 0 Å². The molecule has 1 N–H and O–H groups in total. The van der Waals surface area contributed by atoms with Gasteiger partial charge in [0.25, 0.3) is 0 Å². The van der Waals surface area contributed by atoms with Gasteiger partial charge in [0, 0.05) is 11.8 Å². The number of aromatic nitrogens is 2. The van der Waals surface area contributed by atoms with Crippen LogP contribution in [0.25, 0.3) is 11.4 Å². The van der Waals surface area contributed by atoms with Gasteiger partial charge in [-0.15, -0.1) is 0 Å². The SMILES string of the molecule is Cc1cc(Oc2ccc(C#N)cc2)nc(-c2ccccc2O)n1. The number of para-hydroxylation sites is 1. The summed E-state index contributed by atoms with van der Waals surface area (Å²) in [6.45, 7) is 1.83. The van der Waals surface area contributed by atoms with Crippen LogP contribution in [0.3, 0.4) is 0 Å². The van der Waals surface area contributed by atoms with Crippen molar-refractivity contribution < 1.29 is 9.84 Å². The van der Waals surface area contributed by atoms with E-state index in [1.54, 1.807) is 48.5 Å². The number of benzene rings is 2. The first kappa shape index (κ1) is 14.5. The number of ether oxygens (including phenoxy) is 1. The lowest BCUT2D eigenvalue weighted by Crippen LogP contribution is -1.96. The summed E-state index contributed by atoms with van der Waals surface area (Å²) < 4.78 is 5.72. The fourth-order valence-corrected chi connectivity index (χ4v) is 2.09. The van der Waals surface area contributed by atoms with Crippen molar-refractivity contribution in [1.82, 2.24) is 9.97 Å². The van der Waals surface area contributed by atoms with Crippen molar-refractivity contribution in [3.8, 4) is 34.8 Å². The summed E-state index contributed by atoms with van der Waals surface area (Å²) >= 11 is 0. The van der Waals surface area contributed by atoms with Crippen molar-refractivity contribution in [2.75, 3.05) is 0 Å². The van der Waals surface area contributed by atoms with Gasteiger partial charge in [0.2, 0.25) is 5.88 Å². The Hall–Kier alpha value is -3.39. The molecule has 112 valence electrons. The molecule has 3 aromatic rings. The van der Waals surface area contributed by atoms with E-state index in [0.717, 1.165) is 5.69 Å². The molecule has 0 saturated carbocycles. The molecule has 1 heterocycles. The summed E-state index contributed by atoms with van der Waals surface area (Å²) in [6, 6.07) is 17.4. The summed E-state index contributed by atoms with van der Waals surface area (Å²) in [5.74, 6) is 1.46. The highest BCUT2D eigenvalue weighted by atomic mass is 16.5. The van der Waals surface area contributed by atoms with Gasteiger partial charge in [0.05, 0.1) is 17.2 Å². The smallest absolute Gasteiger partial charge is 0.223 e.